The number of halogens is 1. The molecule has 0 bridgehead atoms. The summed E-state index contributed by atoms with van der Waals surface area (Å²) >= 11 is 0. The van der Waals surface area contributed by atoms with Gasteiger partial charge in [-0.15, -0.1) is 24.0 Å². The molecule has 7 nitrogen and oxygen atoms in total. The summed E-state index contributed by atoms with van der Waals surface area (Å²) < 4.78 is 1.59. The summed E-state index contributed by atoms with van der Waals surface area (Å²) in [5, 5.41) is 13.7. The minimum Gasteiger partial charge on any atom is -0.357 e. The second-order valence-corrected chi connectivity index (χ2v) is 6.92. The Labute approximate surface area is 200 Å². The summed E-state index contributed by atoms with van der Waals surface area (Å²) in [6, 6.07) is 19.9. The van der Waals surface area contributed by atoms with Crippen molar-refractivity contribution in [3.05, 3.63) is 84.2 Å². The number of benzene rings is 2. The number of amides is 1. The van der Waals surface area contributed by atoms with E-state index >= 15 is 0 Å². The van der Waals surface area contributed by atoms with Crippen LogP contribution in [0.3, 0.4) is 0 Å². The van der Waals surface area contributed by atoms with Gasteiger partial charge >= 0.3 is 0 Å². The highest BCUT2D eigenvalue weighted by Gasteiger charge is 2.08. The first-order chi connectivity index (χ1) is 14.6. The lowest BCUT2D eigenvalue weighted by Gasteiger charge is -2.18. The molecule has 164 valence electrons. The predicted molar refractivity (Wildman–Crippen MR) is 136 cm³/mol. The second kappa shape index (κ2) is 12.7. The molecular weight excluding hydrogens is 503 g/mol. The van der Waals surface area contributed by atoms with Gasteiger partial charge in [-0.05, 0) is 43.2 Å². The Morgan fingerprint density at radius 1 is 1.13 bits per heavy atom. The molecule has 0 spiro atoms. The van der Waals surface area contributed by atoms with Gasteiger partial charge in [0.25, 0.3) is 0 Å². The molecule has 8 heteroatoms. The molecule has 0 aliphatic carbocycles. The zero-order valence-corrected chi connectivity index (χ0v) is 20.1. The second-order valence-electron chi connectivity index (χ2n) is 6.92. The fraction of sp³-hybridized carbons (Fsp3) is 0.261. The highest BCUT2D eigenvalue weighted by Crippen LogP contribution is 2.13. The fourth-order valence-corrected chi connectivity index (χ4v) is 3.01. The zero-order chi connectivity index (χ0) is 21.2. The summed E-state index contributed by atoms with van der Waals surface area (Å²) in [5.41, 5.74) is 2.96. The largest absolute Gasteiger partial charge is 0.357 e. The van der Waals surface area contributed by atoms with Crippen LogP contribution in [0, 0.1) is 0 Å². The van der Waals surface area contributed by atoms with Crippen LogP contribution >= 0.6 is 24.0 Å². The van der Waals surface area contributed by atoms with E-state index < -0.39 is 0 Å². The van der Waals surface area contributed by atoms with Gasteiger partial charge < -0.3 is 16.0 Å². The quantitative estimate of drug-likeness (QED) is 0.233. The molecule has 1 atom stereocenters. The van der Waals surface area contributed by atoms with Crippen LogP contribution in [0.2, 0.25) is 0 Å². The van der Waals surface area contributed by atoms with E-state index in [9.17, 15) is 4.79 Å². The number of aromatic nitrogens is 2. The van der Waals surface area contributed by atoms with Gasteiger partial charge in [0.15, 0.2) is 5.96 Å². The normalized spacial score (nSPS) is 11.9. The highest BCUT2D eigenvalue weighted by atomic mass is 127. The number of aliphatic imine (C=N–C) groups is 1. The summed E-state index contributed by atoms with van der Waals surface area (Å²) in [6.45, 7) is 5.61. The molecule has 2 aromatic carbocycles. The number of carbonyl (C=O) groups excluding carboxylic acids is 1. The molecule has 0 saturated carbocycles. The Bertz CT molecular complexity index is 959. The van der Waals surface area contributed by atoms with Crippen LogP contribution in [0.5, 0.6) is 0 Å². The van der Waals surface area contributed by atoms with Crippen LogP contribution in [-0.4, -0.2) is 28.2 Å². The van der Waals surface area contributed by atoms with E-state index in [0.717, 1.165) is 23.8 Å². The molecule has 31 heavy (non-hydrogen) atoms. The molecule has 1 unspecified atom stereocenters. The lowest BCUT2D eigenvalue weighted by molar-refractivity contribution is -0.116. The van der Waals surface area contributed by atoms with Gasteiger partial charge in [0.2, 0.25) is 5.91 Å². The van der Waals surface area contributed by atoms with E-state index in [0.29, 0.717) is 6.54 Å². The molecule has 0 fully saturated rings. The monoisotopic (exact) mass is 532 g/mol. The highest BCUT2D eigenvalue weighted by molar-refractivity contribution is 14.0. The maximum absolute atomic E-state index is 12.2. The average Bonchev–Trinajstić information content (AvgIpc) is 3.26. The maximum Gasteiger partial charge on any atom is 0.246 e. The Morgan fingerprint density at radius 2 is 1.94 bits per heavy atom. The van der Waals surface area contributed by atoms with Crippen molar-refractivity contribution in [2.75, 3.05) is 11.9 Å². The van der Waals surface area contributed by atoms with Crippen LogP contribution in [0.25, 0.3) is 0 Å². The third kappa shape index (κ3) is 8.05. The maximum atomic E-state index is 12.2. The number of hydrogen-bond acceptors (Lipinski definition) is 3. The van der Waals surface area contributed by atoms with Crippen molar-refractivity contribution < 1.29 is 4.79 Å². The van der Waals surface area contributed by atoms with Crippen molar-refractivity contribution in [1.29, 1.82) is 0 Å². The van der Waals surface area contributed by atoms with Gasteiger partial charge in [-0.25, -0.2) is 4.99 Å². The fourth-order valence-electron chi connectivity index (χ4n) is 3.01. The zero-order valence-electron chi connectivity index (χ0n) is 17.8. The molecule has 0 radical (unpaired) electrons. The SMILES string of the molecule is CCNC(=NCc1cccc(NC(=O)Cn2cccn2)c1)NC(C)c1ccccc1.I. The van der Waals surface area contributed by atoms with Gasteiger partial charge in [0.1, 0.15) is 6.54 Å². The number of hydrogen-bond donors (Lipinski definition) is 3. The molecule has 3 N–H and O–H groups in total. The van der Waals surface area contributed by atoms with Crippen LogP contribution < -0.4 is 16.0 Å². The predicted octanol–water partition coefficient (Wildman–Crippen LogP) is 3.96. The van der Waals surface area contributed by atoms with E-state index in [1.54, 1.807) is 23.1 Å². The molecule has 0 saturated heterocycles. The summed E-state index contributed by atoms with van der Waals surface area (Å²) in [5.74, 6) is 0.632. The topological polar surface area (TPSA) is 83.3 Å². The standard InChI is InChI=1S/C23H28N6O.HI/c1-3-24-23(27-18(2)20-10-5-4-6-11-20)25-16-19-9-7-12-21(15-19)28-22(30)17-29-14-8-13-26-29;/h4-15,18H,3,16-17H2,1-2H3,(H,28,30)(H2,24,25,27);1H. The van der Waals surface area contributed by atoms with Crippen molar-refractivity contribution in [3.8, 4) is 0 Å². The molecule has 1 aromatic heterocycles. The van der Waals surface area contributed by atoms with Crippen LogP contribution in [0.15, 0.2) is 78.0 Å². The van der Waals surface area contributed by atoms with E-state index in [2.05, 4.69) is 40.1 Å². The van der Waals surface area contributed by atoms with Gasteiger partial charge in [-0.2, -0.15) is 5.10 Å². The Kier molecular flexibility index (Phi) is 10.0. The lowest BCUT2D eigenvalue weighted by Crippen LogP contribution is -2.38. The van der Waals surface area contributed by atoms with Gasteiger partial charge in [-0.1, -0.05) is 42.5 Å². The van der Waals surface area contributed by atoms with Gasteiger partial charge in [0.05, 0.1) is 12.6 Å². The van der Waals surface area contributed by atoms with Crippen LogP contribution in [0.1, 0.15) is 31.0 Å². The Hall–Kier alpha value is -2.88. The minimum atomic E-state index is -0.119. The molecule has 3 aromatic rings. The Morgan fingerprint density at radius 3 is 2.65 bits per heavy atom. The molecule has 0 aliphatic rings. The number of nitrogens with one attached hydrogen (secondary N) is 3. The molecule has 1 amide bonds. The van der Waals surface area contributed by atoms with Crippen LogP contribution in [-0.2, 0) is 17.9 Å². The Balaban J connectivity index is 0.00000341. The smallest absolute Gasteiger partial charge is 0.246 e. The third-order valence-corrected chi connectivity index (χ3v) is 4.49. The van der Waals surface area contributed by atoms with Crippen LogP contribution in [0.4, 0.5) is 5.69 Å². The molecular formula is C23H29IN6O. The third-order valence-electron chi connectivity index (χ3n) is 4.49. The first-order valence-corrected chi connectivity index (χ1v) is 10.1. The number of anilines is 1. The van der Waals surface area contributed by atoms with Gasteiger partial charge in [-0.3, -0.25) is 9.48 Å². The average molecular weight is 532 g/mol. The number of nitrogens with zero attached hydrogens (tertiary/aromatic N) is 3. The van der Waals surface area contributed by atoms with E-state index in [1.165, 1.54) is 5.56 Å². The first-order valence-electron chi connectivity index (χ1n) is 10.1. The molecule has 1 heterocycles. The van der Waals surface area contributed by atoms with Gasteiger partial charge in [0, 0.05) is 24.6 Å². The van der Waals surface area contributed by atoms with Crippen molar-refractivity contribution in [3.63, 3.8) is 0 Å². The minimum absolute atomic E-state index is 0. The molecule has 3 rings (SSSR count). The lowest BCUT2D eigenvalue weighted by atomic mass is 10.1. The van der Waals surface area contributed by atoms with E-state index in [4.69, 9.17) is 4.99 Å². The van der Waals surface area contributed by atoms with E-state index in [1.807, 2.05) is 49.4 Å². The van der Waals surface area contributed by atoms with E-state index in [-0.39, 0.29) is 42.5 Å². The number of rotatable bonds is 8. The summed E-state index contributed by atoms with van der Waals surface area (Å²) in [6.07, 6.45) is 3.41. The summed E-state index contributed by atoms with van der Waals surface area (Å²) in [7, 11) is 0. The number of carbonyl (C=O) groups is 1. The first kappa shape index (κ1) is 24.4. The van der Waals surface area contributed by atoms with Crippen molar-refractivity contribution >= 4 is 41.5 Å². The number of guanidine groups is 1. The molecule has 0 aliphatic heterocycles. The summed E-state index contributed by atoms with van der Waals surface area (Å²) in [4.78, 5) is 16.9. The van der Waals surface area contributed by atoms with Crippen molar-refractivity contribution in [2.24, 2.45) is 4.99 Å². The van der Waals surface area contributed by atoms with Crippen molar-refractivity contribution in [2.45, 2.75) is 33.0 Å². The van der Waals surface area contributed by atoms with Crippen molar-refractivity contribution in [1.82, 2.24) is 20.4 Å².